The highest BCUT2D eigenvalue weighted by Gasteiger charge is 2.15. The zero-order valence-corrected chi connectivity index (χ0v) is 13.0. The maximum Gasteiger partial charge on any atom is 0.216 e. The Morgan fingerprint density at radius 2 is 2.04 bits per heavy atom. The number of nitrogens with one attached hydrogen (secondary N) is 1. The fourth-order valence-corrected chi connectivity index (χ4v) is 2.66. The highest BCUT2D eigenvalue weighted by molar-refractivity contribution is 5.78. The van der Waals surface area contributed by atoms with E-state index in [0.29, 0.717) is 41.6 Å². The maximum absolute atomic E-state index is 14.3. The topological polar surface area (TPSA) is 60.7 Å². The number of rotatable bonds is 0. The van der Waals surface area contributed by atoms with Crippen LogP contribution in [-0.2, 0) is 0 Å². The molecular formula is C17H17FN4O2. The zero-order chi connectivity index (χ0) is 16.4. The molecule has 2 aromatic heterocycles. The average Bonchev–Trinajstić information content (AvgIpc) is 3.01. The van der Waals surface area contributed by atoms with Gasteiger partial charge in [-0.15, -0.1) is 0 Å². The molecule has 1 N–H and O–H groups in total. The van der Waals surface area contributed by atoms with Crippen LogP contribution in [0.3, 0.4) is 0 Å². The number of aromatic nitrogens is 3. The molecule has 4 bridgehead atoms. The first-order valence-electron chi connectivity index (χ1n) is 7.92. The molecule has 4 rings (SSSR count). The van der Waals surface area contributed by atoms with Gasteiger partial charge in [-0.2, -0.15) is 10.1 Å². The minimum absolute atomic E-state index is 0.337. The highest BCUT2D eigenvalue weighted by atomic mass is 19.1. The standard InChI is InChI=1S/C17H17FN4O2/c18-15-3-2-12-10-13(15)14-11-20-22-7-4-16(21-17(14)22)24-9-6-19-5-1-8-23-12/h2-4,7,10-11,19H,1,5-6,8-9H2. The van der Waals surface area contributed by atoms with Crippen LogP contribution >= 0.6 is 0 Å². The summed E-state index contributed by atoms with van der Waals surface area (Å²) in [6.45, 7) is 2.63. The Labute approximate surface area is 138 Å². The minimum atomic E-state index is -0.337. The van der Waals surface area contributed by atoms with E-state index >= 15 is 0 Å². The predicted molar refractivity (Wildman–Crippen MR) is 86.9 cm³/mol. The summed E-state index contributed by atoms with van der Waals surface area (Å²) in [6, 6.07) is 6.48. The molecule has 0 spiro atoms. The molecule has 0 radical (unpaired) electrons. The third-order valence-corrected chi connectivity index (χ3v) is 3.87. The van der Waals surface area contributed by atoms with Gasteiger partial charge < -0.3 is 14.8 Å². The van der Waals surface area contributed by atoms with E-state index in [4.69, 9.17) is 9.47 Å². The average molecular weight is 328 g/mol. The summed E-state index contributed by atoms with van der Waals surface area (Å²) in [5.41, 5.74) is 1.57. The summed E-state index contributed by atoms with van der Waals surface area (Å²) < 4.78 is 27.3. The number of hydrogen-bond donors (Lipinski definition) is 1. The lowest BCUT2D eigenvalue weighted by molar-refractivity contribution is 0.289. The van der Waals surface area contributed by atoms with E-state index < -0.39 is 0 Å². The number of hydrogen-bond acceptors (Lipinski definition) is 5. The normalized spacial score (nSPS) is 15.4. The predicted octanol–water partition coefficient (Wildman–Crippen LogP) is 2.29. The van der Waals surface area contributed by atoms with Crippen LogP contribution in [0.1, 0.15) is 6.42 Å². The third-order valence-electron chi connectivity index (χ3n) is 3.87. The van der Waals surface area contributed by atoms with Crippen molar-refractivity contribution in [1.82, 2.24) is 19.9 Å². The van der Waals surface area contributed by atoms with Gasteiger partial charge in [-0.25, -0.2) is 8.91 Å². The van der Waals surface area contributed by atoms with Gasteiger partial charge >= 0.3 is 0 Å². The van der Waals surface area contributed by atoms with Gasteiger partial charge in [-0.1, -0.05) is 0 Å². The minimum Gasteiger partial charge on any atom is -0.494 e. The molecule has 6 nitrogen and oxygen atoms in total. The summed E-state index contributed by atoms with van der Waals surface area (Å²) in [5.74, 6) is 0.790. The van der Waals surface area contributed by atoms with Crippen molar-refractivity contribution in [1.29, 1.82) is 0 Å². The number of benzene rings is 1. The van der Waals surface area contributed by atoms with Crippen molar-refractivity contribution in [2.45, 2.75) is 6.42 Å². The van der Waals surface area contributed by atoms with Gasteiger partial charge in [0.05, 0.1) is 12.8 Å². The molecule has 1 aromatic carbocycles. The lowest BCUT2D eigenvalue weighted by Gasteiger charge is -2.08. The van der Waals surface area contributed by atoms with Crippen LogP contribution in [0, 0.1) is 5.82 Å². The molecule has 0 fully saturated rings. The zero-order valence-electron chi connectivity index (χ0n) is 13.0. The number of nitrogens with zero attached hydrogens (tertiary/aromatic N) is 3. The van der Waals surface area contributed by atoms with Crippen LogP contribution in [0.2, 0.25) is 0 Å². The Hall–Kier alpha value is -2.67. The summed E-state index contributed by atoms with van der Waals surface area (Å²) >= 11 is 0. The second kappa shape index (κ2) is 6.45. The second-order valence-electron chi connectivity index (χ2n) is 5.53. The first-order chi connectivity index (χ1) is 11.8. The second-order valence-corrected chi connectivity index (χ2v) is 5.53. The van der Waals surface area contributed by atoms with Gasteiger partial charge in [-0.3, -0.25) is 0 Å². The number of fused-ring (bicyclic) bond motifs is 4. The molecule has 0 atom stereocenters. The Balaban J connectivity index is 1.82. The van der Waals surface area contributed by atoms with Crippen LogP contribution in [0.25, 0.3) is 16.8 Å². The van der Waals surface area contributed by atoms with Crippen molar-refractivity contribution >= 4 is 5.65 Å². The molecule has 1 aliphatic rings. The maximum atomic E-state index is 14.3. The summed E-state index contributed by atoms with van der Waals surface area (Å²) in [5, 5.41) is 7.52. The Kier molecular flexibility index (Phi) is 4.00. The largest absolute Gasteiger partial charge is 0.494 e. The Morgan fingerprint density at radius 1 is 1.08 bits per heavy atom. The first kappa shape index (κ1) is 14.9. The van der Waals surface area contributed by atoms with Crippen LogP contribution in [-0.4, -0.2) is 40.9 Å². The van der Waals surface area contributed by atoms with Crippen molar-refractivity contribution in [2.24, 2.45) is 0 Å². The van der Waals surface area contributed by atoms with E-state index in [1.165, 1.54) is 6.07 Å². The molecular weight excluding hydrogens is 311 g/mol. The molecule has 0 saturated heterocycles. The Morgan fingerprint density at radius 3 is 3.00 bits per heavy atom. The quantitative estimate of drug-likeness (QED) is 0.686. The van der Waals surface area contributed by atoms with Crippen molar-refractivity contribution in [2.75, 3.05) is 26.3 Å². The fourth-order valence-electron chi connectivity index (χ4n) is 2.66. The molecule has 24 heavy (non-hydrogen) atoms. The molecule has 0 amide bonds. The summed E-state index contributed by atoms with van der Waals surface area (Å²) in [4.78, 5) is 4.46. The van der Waals surface area contributed by atoms with Crippen molar-refractivity contribution in [3.8, 4) is 22.8 Å². The van der Waals surface area contributed by atoms with E-state index in [1.807, 2.05) is 0 Å². The molecule has 3 heterocycles. The van der Waals surface area contributed by atoms with E-state index in [-0.39, 0.29) is 5.82 Å². The third kappa shape index (κ3) is 2.90. The van der Waals surface area contributed by atoms with Crippen LogP contribution in [0.5, 0.6) is 11.6 Å². The molecule has 7 heteroatoms. The molecule has 0 saturated carbocycles. The number of halogens is 1. The monoisotopic (exact) mass is 328 g/mol. The summed E-state index contributed by atoms with van der Waals surface area (Å²) in [6.07, 6.45) is 4.22. The summed E-state index contributed by atoms with van der Waals surface area (Å²) in [7, 11) is 0. The van der Waals surface area contributed by atoms with E-state index in [2.05, 4.69) is 15.4 Å². The molecule has 1 aliphatic heterocycles. The highest BCUT2D eigenvalue weighted by Crippen LogP contribution is 2.30. The molecule has 0 aliphatic carbocycles. The first-order valence-corrected chi connectivity index (χ1v) is 7.92. The fraction of sp³-hybridized carbons (Fsp3) is 0.294. The van der Waals surface area contributed by atoms with Crippen molar-refractivity contribution < 1.29 is 13.9 Å². The van der Waals surface area contributed by atoms with Crippen LogP contribution in [0.15, 0.2) is 36.7 Å². The molecule has 0 unspecified atom stereocenters. The van der Waals surface area contributed by atoms with Gasteiger partial charge in [-0.05, 0) is 31.2 Å². The SMILES string of the molecule is Fc1ccc2cc1-c1cnn3ccc(nc13)OCCNCCCO2. The van der Waals surface area contributed by atoms with Crippen LogP contribution < -0.4 is 14.8 Å². The Bertz CT molecular complexity index is 865. The molecule has 124 valence electrons. The van der Waals surface area contributed by atoms with Crippen molar-refractivity contribution in [3.63, 3.8) is 0 Å². The molecule has 3 aromatic rings. The van der Waals surface area contributed by atoms with Crippen molar-refractivity contribution in [3.05, 3.63) is 42.5 Å². The smallest absolute Gasteiger partial charge is 0.216 e. The van der Waals surface area contributed by atoms with Crippen LogP contribution in [0.4, 0.5) is 4.39 Å². The van der Waals surface area contributed by atoms with E-state index in [1.54, 1.807) is 35.1 Å². The van der Waals surface area contributed by atoms with E-state index in [0.717, 1.165) is 19.5 Å². The van der Waals surface area contributed by atoms with Gasteiger partial charge in [0.1, 0.15) is 18.2 Å². The lowest BCUT2D eigenvalue weighted by atomic mass is 10.1. The lowest BCUT2D eigenvalue weighted by Crippen LogP contribution is -2.23. The van der Waals surface area contributed by atoms with Gasteiger partial charge in [0.25, 0.3) is 0 Å². The number of ether oxygens (including phenoxy) is 2. The van der Waals surface area contributed by atoms with E-state index in [9.17, 15) is 4.39 Å². The van der Waals surface area contributed by atoms with Gasteiger partial charge in [0, 0.05) is 29.9 Å². The van der Waals surface area contributed by atoms with Gasteiger partial charge in [0.2, 0.25) is 5.88 Å². The van der Waals surface area contributed by atoms with Gasteiger partial charge in [0.15, 0.2) is 5.65 Å².